The van der Waals surface area contributed by atoms with Crippen LogP contribution in [0.25, 0.3) is 0 Å². The number of rotatable bonds is 4. The van der Waals surface area contributed by atoms with E-state index in [1.54, 1.807) is 0 Å². The molecule has 112 valence electrons. The largest absolute Gasteiger partial charge is 0.354 e. The molecule has 0 radical (unpaired) electrons. The minimum absolute atomic E-state index is 0.180. The van der Waals surface area contributed by atoms with Gasteiger partial charge in [0.2, 0.25) is 16.4 Å². The van der Waals surface area contributed by atoms with Crippen LogP contribution in [0, 0.1) is 0 Å². The van der Waals surface area contributed by atoms with Gasteiger partial charge in [-0.05, 0) is 43.1 Å². The Bertz CT molecular complexity index is 630. The highest BCUT2D eigenvalue weighted by atomic mass is 35.5. The molecule has 0 aromatic carbocycles. The summed E-state index contributed by atoms with van der Waals surface area (Å²) in [5.74, 6) is 1.53. The number of hydrogen-bond donors (Lipinski definition) is 1. The molecule has 21 heavy (non-hydrogen) atoms. The van der Waals surface area contributed by atoms with Crippen molar-refractivity contribution in [3.63, 3.8) is 0 Å². The van der Waals surface area contributed by atoms with Crippen LogP contribution >= 0.6 is 23.4 Å². The molecule has 0 atom stereocenters. The Balaban J connectivity index is 1.85. The van der Waals surface area contributed by atoms with E-state index in [0.29, 0.717) is 11.1 Å². The molecule has 0 bridgehead atoms. The maximum absolute atomic E-state index is 5.94. The second kappa shape index (κ2) is 6.57. The quantitative estimate of drug-likeness (QED) is 0.924. The zero-order valence-corrected chi connectivity index (χ0v) is 13.3. The molecule has 2 aromatic heterocycles. The van der Waals surface area contributed by atoms with Gasteiger partial charge in [-0.15, -0.1) is 10.2 Å². The van der Waals surface area contributed by atoms with Crippen molar-refractivity contribution in [2.24, 2.45) is 0 Å². The predicted molar refractivity (Wildman–Crippen MR) is 80.7 cm³/mol. The van der Waals surface area contributed by atoms with E-state index in [-0.39, 0.29) is 5.28 Å². The maximum atomic E-state index is 5.94. The Morgan fingerprint density at radius 3 is 2.95 bits per heavy atom. The fourth-order valence-corrected chi connectivity index (χ4v) is 3.26. The topological polar surface area (TPSA) is 81.4 Å². The van der Waals surface area contributed by atoms with Crippen molar-refractivity contribution in [2.75, 3.05) is 11.9 Å². The molecule has 1 aliphatic heterocycles. The van der Waals surface area contributed by atoms with E-state index >= 15 is 0 Å². The van der Waals surface area contributed by atoms with Crippen LogP contribution in [0.2, 0.25) is 5.28 Å². The Hall–Kier alpha value is -1.41. The zero-order valence-electron chi connectivity index (χ0n) is 11.7. The molecule has 1 N–H and O–H groups in total. The molecule has 0 fully saturated rings. The minimum Gasteiger partial charge on any atom is -0.354 e. The normalized spacial score (nSPS) is 14.6. The lowest BCUT2D eigenvalue weighted by molar-refractivity contribution is 0.590. The van der Waals surface area contributed by atoms with Gasteiger partial charge < -0.3 is 9.88 Å². The first-order valence-corrected chi connectivity index (χ1v) is 8.21. The molecule has 0 saturated carbocycles. The number of fused-ring (bicyclic) bond motifs is 1. The summed E-state index contributed by atoms with van der Waals surface area (Å²) in [6, 6.07) is 0. The SMILES string of the molecule is CCNc1nc(Cl)nc(Sc2nnc3n2CCCCC3)n1. The predicted octanol–water partition coefficient (Wildman–Crippen LogP) is 2.43. The molecule has 9 heteroatoms. The molecular formula is C12H16ClN7S. The van der Waals surface area contributed by atoms with E-state index in [4.69, 9.17) is 11.6 Å². The fraction of sp³-hybridized carbons (Fsp3) is 0.583. The number of aryl methyl sites for hydroxylation is 1. The highest BCUT2D eigenvalue weighted by molar-refractivity contribution is 7.99. The van der Waals surface area contributed by atoms with Gasteiger partial charge in [0, 0.05) is 19.5 Å². The number of hydrogen-bond acceptors (Lipinski definition) is 7. The van der Waals surface area contributed by atoms with Crippen LogP contribution in [0.3, 0.4) is 0 Å². The Labute approximate surface area is 131 Å². The molecule has 1 aliphatic rings. The molecule has 2 aromatic rings. The van der Waals surface area contributed by atoms with Crippen LogP contribution in [-0.4, -0.2) is 36.3 Å². The standard InChI is InChI=1S/C12H16ClN7S/c1-2-14-10-15-9(13)16-11(17-10)21-12-19-18-8-6-4-3-5-7-20(8)12/h2-7H2,1H3,(H,14,15,16,17). The molecule has 0 unspecified atom stereocenters. The summed E-state index contributed by atoms with van der Waals surface area (Å²) in [6.45, 7) is 3.65. The van der Waals surface area contributed by atoms with E-state index in [1.165, 1.54) is 24.6 Å². The van der Waals surface area contributed by atoms with Crippen LogP contribution in [0.5, 0.6) is 0 Å². The molecule has 0 aliphatic carbocycles. The van der Waals surface area contributed by atoms with Gasteiger partial charge in [0.25, 0.3) is 0 Å². The molecule has 3 rings (SSSR count). The van der Waals surface area contributed by atoms with Gasteiger partial charge in [-0.3, -0.25) is 0 Å². The Morgan fingerprint density at radius 2 is 2.10 bits per heavy atom. The first-order valence-electron chi connectivity index (χ1n) is 7.01. The molecule has 0 spiro atoms. The number of halogens is 1. The molecular weight excluding hydrogens is 310 g/mol. The van der Waals surface area contributed by atoms with Gasteiger partial charge in [-0.1, -0.05) is 6.42 Å². The summed E-state index contributed by atoms with van der Waals surface area (Å²) >= 11 is 7.31. The van der Waals surface area contributed by atoms with E-state index in [2.05, 4.69) is 35.0 Å². The van der Waals surface area contributed by atoms with Crippen molar-refractivity contribution in [2.45, 2.75) is 49.5 Å². The van der Waals surface area contributed by atoms with Gasteiger partial charge in [0.15, 0.2) is 5.16 Å². The Kier molecular flexibility index (Phi) is 4.54. The summed E-state index contributed by atoms with van der Waals surface area (Å²) in [6.07, 6.45) is 4.54. The Morgan fingerprint density at radius 1 is 1.19 bits per heavy atom. The molecule has 0 amide bonds. The average Bonchev–Trinajstić information content (AvgIpc) is 2.68. The summed E-state index contributed by atoms with van der Waals surface area (Å²) in [4.78, 5) is 12.5. The lowest BCUT2D eigenvalue weighted by Gasteiger charge is -2.06. The second-order valence-corrected chi connectivity index (χ2v) is 5.98. The smallest absolute Gasteiger partial charge is 0.228 e. The minimum atomic E-state index is 0.180. The van der Waals surface area contributed by atoms with E-state index < -0.39 is 0 Å². The monoisotopic (exact) mass is 325 g/mol. The third-order valence-corrected chi connectivity index (χ3v) is 4.20. The summed E-state index contributed by atoms with van der Waals surface area (Å²) in [7, 11) is 0. The van der Waals surface area contributed by atoms with Crippen LogP contribution in [0.15, 0.2) is 10.3 Å². The van der Waals surface area contributed by atoms with E-state index in [1.807, 2.05) is 6.92 Å². The van der Waals surface area contributed by atoms with Crippen molar-refractivity contribution in [1.82, 2.24) is 29.7 Å². The van der Waals surface area contributed by atoms with E-state index in [0.717, 1.165) is 36.9 Å². The molecule has 7 nitrogen and oxygen atoms in total. The second-order valence-electron chi connectivity index (χ2n) is 4.70. The lowest BCUT2D eigenvalue weighted by Crippen LogP contribution is -2.05. The van der Waals surface area contributed by atoms with Crippen LogP contribution in [-0.2, 0) is 13.0 Å². The fourth-order valence-electron chi connectivity index (χ4n) is 2.23. The van der Waals surface area contributed by atoms with Gasteiger partial charge >= 0.3 is 0 Å². The summed E-state index contributed by atoms with van der Waals surface area (Å²) < 4.78 is 2.16. The summed E-state index contributed by atoms with van der Waals surface area (Å²) in [5, 5.41) is 13.1. The highest BCUT2D eigenvalue weighted by Crippen LogP contribution is 2.27. The third kappa shape index (κ3) is 3.44. The molecule has 3 heterocycles. The number of aromatic nitrogens is 6. The van der Waals surface area contributed by atoms with Crippen molar-refractivity contribution in [3.05, 3.63) is 11.1 Å². The van der Waals surface area contributed by atoms with Crippen molar-refractivity contribution < 1.29 is 0 Å². The first kappa shape index (κ1) is 14.5. The van der Waals surface area contributed by atoms with Crippen molar-refractivity contribution >= 4 is 29.3 Å². The van der Waals surface area contributed by atoms with Gasteiger partial charge in [0.05, 0.1) is 0 Å². The van der Waals surface area contributed by atoms with Gasteiger partial charge in [0.1, 0.15) is 5.82 Å². The van der Waals surface area contributed by atoms with Gasteiger partial charge in [-0.2, -0.15) is 15.0 Å². The van der Waals surface area contributed by atoms with Crippen LogP contribution < -0.4 is 5.32 Å². The summed E-state index contributed by atoms with van der Waals surface area (Å²) in [5.41, 5.74) is 0. The van der Waals surface area contributed by atoms with Crippen molar-refractivity contribution in [1.29, 1.82) is 0 Å². The number of nitrogens with zero attached hydrogens (tertiary/aromatic N) is 6. The molecule has 0 saturated heterocycles. The van der Waals surface area contributed by atoms with Crippen molar-refractivity contribution in [3.8, 4) is 0 Å². The zero-order chi connectivity index (χ0) is 14.7. The van der Waals surface area contributed by atoms with E-state index in [9.17, 15) is 0 Å². The van der Waals surface area contributed by atoms with Crippen LogP contribution in [0.4, 0.5) is 5.95 Å². The number of anilines is 1. The number of nitrogens with one attached hydrogen (secondary N) is 1. The van der Waals surface area contributed by atoms with Crippen LogP contribution in [0.1, 0.15) is 32.0 Å². The lowest BCUT2D eigenvalue weighted by atomic mass is 10.2. The maximum Gasteiger partial charge on any atom is 0.228 e. The third-order valence-electron chi connectivity index (χ3n) is 3.18. The van der Waals surface area contributed by atoms with Gasteiger partial charge in [-0.25, -0.2) is 0 Å². The average molecular weight is 326 g/mol. The first-order chi connectivity index (χ1) is 10.3. The highest BCUT2D eigenvalue weighted by Gasteiger charge is 2.17.